The van der Waals surface area contributed by atoms with Crippen LogP contribution in [0.15, 0.2) is 47.5 Å². The minimum atomic E-state index is -0.161. The van der Waals surface area contributed by atoms with Gasteiger partial charge in [0.05, 0.1) is 17.4 Å². The molecule has 0 atom stereocenters. The van der Waals surface area contributed by atoms with E-state index in [1.165, 1.54) is 0 Å². The van der Waals surface area contributed by atoms with Crippen molar-refractivity contribution < 1.29 is 0 Å². The third-order valence-electron chi connectivity index (χ3n) is 2.75. The van der Waals surface area contributed by atoms with Gasteiger partial charge >= 0.3 is 0 Å². The molecule has 1 aromatic carbocycles. The number of benzene rings is 1. The lowest BCUT2D eigenvalue weighted by atomic mass is 10.2. The molecule has 2 aromatic heterocycles. The summed E-state index contributed by atoms with van der Waals surface area (Å²) in [6, 6.07) is 8.85. The number of hydrogen-bond donors (Lipinski definition) is 2. The fourth-order valence-electron chi connectivity index (χ4n) is 1.85. The molecule has 3 rings (SSSR count). The molecule has 0 saturated heterocycles. The quantitative estimate of drug-likeness (QED) is 0.769. The molecule has 5 nitrogen and oxygen atoms in total. The summed E-state index contributed by atoms with van der Waals surface area (Å²) < 4.78 is 1.79. The van der Waals surface area contributed by atoms with E-state index in [4.69, 9.17) is 11.6 Å². The summed E-state index contributed by atoms with van der Waals surface area (Å²) in [5.74, 6) is 0.563. The number of nitrogens with one attached hydrogen (secondary N) is 2. The first-order valence-electron chi connectivity index (χ1n) is 5.78. The standard InChI is InChI=1S/C13H11ClN4O/c14-9-3-4-10-11(7-9)16-12(17-13(10)19)8-15-18-5-1-2-6-18/h1-7,15H,8H2,(H,16,17,19). The normalized spacial score (nSPS) is 10.8. The number of nitrogens with zero attached hydrogens (tertiary/aromatic N) is 2. The molecule has 0 unspecified atom stereocenters. The van der Waals surface area contributed by atoms with Gasteiger partial charge in [0.25, 0.3) is 5.56 Å². The summed E-state index contributed by atoms with van der Waals surface area (Å²) in [4.78, 5) is 19.0. The van der Waals surface area contributed by atoms with Crippen molar-refractivity contribution in [1.29, 1.82) is 0 Å². The van der Waals surface area contributed by atoms with Gasteiger partial charge in [-0.2, -0.15) is 0 Å². The molecule has 0 amide bonds. The molecular formula is C13H11ClN4O. The number of H-pyrrole nitrogens is 1. The molecule has 0 fully saturated rings. The predicted molar refractivity (Wildman–Crippen MR) is 74.9 cm³/mol. The second-order valence-electron chi connectivity index (χ2n) is 4.10. The number of aromatic nitrogens is 3. The molecule has 6 heteroatoms. The van der Waals surface area contributed by atoms with Crippen LogP contribution >= 0.6 is 11.6 Å². The number of aromatic amines is 1. The first kappa shape index (κ1) is 11.8. The smallest absolute Gasteiger partial charge is 0.258 e. The topological polar surface area (TPSA) is 62.7 Å². The van der Waals surface area contributed by atoms with Crippen LogP contribution in [-0.4, -0.2) is 14.6 Å². The Kier molecular flexibility index (Phi) is 2.97. The summed E-state index contributed by atoms with van der Waals surface area (Å²) in [5, 5.41) is 1.10. The van der Waals surface area contributed by atoms with E-state index >= 15 is 0 Å². The van der Waals surface area contributed by atoms with E-state index in [0.717, 1.165) is 0 Å². The van der Waals surface area contributed by atoms with E-state index in [1.807, 2.05) is 24.5 Å². The Morgan fingerprint density at radius 2 is 2.11 bits per heavy atom. The van der Waals surface area contributed by atoms with E-state index in [1.54, 1.807) is 22.9 Å². The van der Waals surface area contributed by atoms with Gasteiger partial charge in [-0.3, -0.25) is 9.47 Å². The Balaban J connectivity index is 1.94. The Morgan fingerprint density at radius 1 is 1.32 bits per heavy atom. The van der Waals surface area contributed by atoms with Crippen LogP contribution in [0.3, 0.4) is 0 Å². The van der Waals surface area contributed by atoms with Crippen LogP contribution in [0, 0.1) is 0 Å². The fourth-order valence-corrected chi connectivity index (χ4v) is 2.02. The van der Waals surface area contributed by atoms with Crippen molar-refractivity contribution in [3.05, 3.63) is 63.9 Å². The van der Waals surface area contributed by atoms with Crippen molar-refractivity contribution in [3.63, 3.8) is 0 Å². The molecule has 0 radical (unpaired) electrons. The van der Waals surface area contributed by atoms with E-state index < -0.39 is 0 Å². The summed E-state index contributed by atoms with van der Waals surface area (Å²) in [6.45, 7) is 0.423. The molecule has 0 aliphatic heterocycles. The van der Waals surface area contributed by atoms with Gasteiger partial charge in [-0.25, -0.2) is 4.98 Å². The third-order valence-corrected chi connectivity index (χ3v) is 2.99. The van der Waals surface area contributed by atoms with Gasteiger partial charge in [0, 0.05) is 17.4 Å². The van der Waals surface area contributed by atoms with Gasteiger partial charge in [0.15, 0.2) is 0 Å². The highest BCUT2D eigenvalue weighted by Gasteiger charge is 2.04. The maximum atomic E-state index is 11.9. The highest BCUT2D eigenvalue weighted by Crippen LogP contribution is 2.14. The van der Waals surface area contributed by atoms with Crippen LogP contribution in [0.2, 0.25) is 5.02 Å². The number of halogens is 1. The second kappa shape index (κ2) is 4.78. The third kappa shape index (κ3) is 2.46. The molecule has 2 N–H and O–H groups in total. The van der Waals surface area contributed by atoms with Crippen molar-refractivity contribution in [2.45, 2.75) is 6.54 Å². The summed E-state index contributed by atoms with van der Waals surface area (Å²) in [7, 11) is 0. The Hall–Kier alpha value is -2.27. The van der Waals surface area contributed by atoms with E-state index in [2.05, 4.69) is 15.4 Å². The first-order valence-corrected chi connectivity index (χ1v) is 6.15. The summed E-state index contributed by atoms with van der Waals surface area (Å²) in [6.07, 6.45) is 3.74. The van der Waals surface area contributed by atoms with E-state index in [0.29, 0.717) is 28.3 Å². The van der Waals surface area contributed by atoms with E-state index in [9.17, 15) is 4.79 Å². The van der Waals surface area contributed by atoms with Crippen molar-refractivity contribution >= 4 is 22.5 Å². The lowest BCUT2D eigenvalue weighted by Crippen LogP contribution is -2.18. The van der Waals surface area contributed by atoms with Crippen LogP contribution in [0.4, 0.5) is 0 Å². The Bertz CT molecular complexity index is 764. The van der Waals surface area contributed by atoms with Crippen LogP contribution in [-0.2, 0) is 6.54 Å². The lowest BCUT2D eigenvalue weighted by Gasteiger charge is -2.07. The largest absolute Gasteiger partial charge is 0.319 e. The molecule has 0 aliphatic carbocycles. The number of hydrogen-bond acceptors (Lipinski definition) is 3. The molecule has 0 saturated carbocycles. The van der Waals surface area contributed by atoms with Gasteiger partial charge in [0.1, 0.15) is 5.82 Å². The Labute approximate surface area is 113 Å². The summed E-state index contributed by atoms with van der Waals surface area (Å²) in [5.41, 5.74) is 3.54. The van der Waals surface area contributed by atoms with Crippen LogP contribution < -0.4 is 11.0 Å². The molecule has 0 bridgehead atoms. The minimum Gasteiger partial charge on any atom is -0.319 e. The second-order valence-corrected chi connectivity index (χ2v) is 4.54. The number of fused-ring (bicyclic) bond motifs is 1. The van der Waals surface area contributed by atoms with Gasteiger partial charge in [-0.15, -0.1) is 0 Å². The Morgan fingerprint density at radius 3 is 2.89 bits per heavy atom. The molecule has 0 aliphatic rings. The molecular weight excluding hydrogens is 264 g/mol. The average Bonchev–Trinajstić information content (AvgIpc) is 2.89. The zero-order valence-electron chi connectivity index (χ0n) is 9.93. The predicted octanol–water partition coefficient (Wildman–Crippen LogP) is 2.12. The lowest BCUT2D eigenvalue weighted by molar-refractivity contribution is 0.805. The first-order chi connectivity index (χ1) is 9.22. The highest BCUT2D eigenvalue weighted by atomic mass is 35.5. The van der Waals surface area contributed by atoms with Crippen molar-refractivity contribution in [1.82, 2.24) is 14.6 Å². The molecule has 0 spiro atoms. The van der Waals surface area contributed by atoms with Crippen molar-refractivity contribution in [2.75, 3.05) is 5.43 Å². The molecule has 3 aromatic rings. The minimum absolute atomic E-state index is 0.161. The highest BCUT2D eigenvalue weighted by molar-refractivity contribution is 6.31. The van der Waals surface area contributed by atoms with Crippen molar-refractivity contribution in [2.24, 2.45) is 0 Å². The molecule has 2 heterocycles. The SMILES string of the molecule is O=c1[nH]c(CNn2cccc2)nc2cc(Cl)ccc12. The van der Waals surface area contributed by atoms with Gasteiger partial charge in [-0.05, 0) is 30.3 Å². The summed E-state index contributed by atoms with van der Waals surface area (Å²) >= 11 is 5.91. The van der Waals surface area contributed by atoms with Crippen LogP contribution in [0.1, 0.15) is 5.82 Å². The average molecular weight is 275 g/mol. The van der Waals surface area contributed by atoms with Gasteiger partial charge < -0.3 is 10.4 Å². The fraction of sp³-hybridized carbons (Fsp3) is 0.0769. The number of rotatable bonds is 3. The zero-order chi connectivity index (χ0) is 13.2. The van der Waals surface area contributed by atoms with Crippen LogP contribution in [0.25, 0.3) is 10.9 Å². The van der Waals surface area contributed by atoms with Gasteiger partial charge in [-0.1, -0.05) is 11.6 Å². The monoisotopic (exact) mass is 274 g/mol. The zero-order valence-corrected chi connectivity index (χ0v) is 10.7. The molecule has 96 valence electrons. The van der Waals surface area contributed by atoms with Gasteiger partial charge in [0.2, 0.25) is 0 Å². The van der Waals surface area contributed by atoms with Crippen molar-refractivity contribution in [3.8, 4) is 0 Å². The van der Waals surface area contributed by atoms with E-state index in [-0.39, 0.29) is 5.56 Å². The maximum Gasteiger partial charge on any atom is 0.258 e. The van der Waals surface area contributed by atoms with Crippen LogP contribution in [0.5, 0.6) is 0 Å². The molecule has 19 heavy (non-hydrogen) atoms. The maximum absolute atomic E-state index is 11.9.